The van der Waals surface area contributed by atoms with E-state index >= 15 is 0 Å². The molecule has 2 rings (SSSR count). The zero-order valence-electron chi connectivity index (χ0n) is 11.4. The molecule has 19 heavy (non-hydrogen) atoms. The molecule has 1 aliphatic rings. The lowest BCUT2D eigenvalue weighted by atomic mass is 9.82. The van der Waals surface area contributed by atoms with E-state index in [0.717, 1.165) is 37.1 Å². The van der Waals surface area contributed by atoms with E-state index in [1.807, 2.05) is 12.1 Å². The number of likely N-dealkylation sites (N-methyl/N-ethyl adjacent to an activating group) is 1. The van der Waals surface area contributed by atoms with E-state index in [0.29, 0.717) is 5.25 Å². The maximum Gasteiger partial charge on any atom is 0.123 e. The third-order valence-electron chi connectivity index (χ3n) is 3.77. The van der Waals surface area contributed by atoms with Gasteiger partial charge in [-0.05, 0) is 50.1 Å². The van der Waals surface area contributed by atoms with Crippen molar-refractivity contribution >= 4 is 11.8 Å². The predicted octanol–water partition coefficient (Wildman–Crippen LogP) is 3.20. The Kier molecular flexibility index (Phi) is 5.25. The summed E-state index contributed by atoms with van der Waals surface area (Å²) < 4.78 is 12.9. The number of aliphatic hydroxyl groups is 1. The molecule has 0 radical (unpaired) electrons. The van der Waals surface area contributed by atoms with Crippen LogP contribution in [0.1, 0.15) is 32.6 Å². The number of halogens is 1. The Hall–Kier alpha value is -0.580. The van der Waals surface area contributed by atoms with Crippen LogP contribution in [-0.4, -0.2) is 29.0 Å². The van der Waals surface area contributed by atoms with Crippen LogP contribution in [0.3, 0.4) is 0 Å². The first-order chi connectivity index (χ1) is 9.17. The number of hydrogen-bond acceptors (Lipinski definition) is 3. The van der Waals surface area contributed by atoms with Crippen LogP contribution in [0, 0.1) is 5.82 Å². The molecule has 0 heterocycles. The number of benzene rings is 1. The van der Waals surface area contributed by atoms with Crippen LogP contribution >= 0.6 is 11.8 Å². The molecule has 4 heteroatoms. The first-order valence-electron chi connectivity index (χ1n) is 6.95. The summed E-state index contributed by atoms with van der Waals surface area (Å²) in [6, 6.07) is 6.69. The fraction of sp³-hybridized carbons (Fsp3) is 0.600. The van der Waals surface area contributed by atoms with Crippen molar-refractivity contribution in [3.8, 4) is 0 Å². The Morgan fingerprint density at radius 2 is 2.16 bits per heavy atom. The molecule has 0 bridgehead atoms. The standard InChI is InChI=1S/C15H22FNOS/c1-2-17-15(11-18)9-3-4-14(10-15)19-13-7-5-12(16)6-8-13/h5-8,14,17-18H,2-4,9-11H2,1H3. The number of nitrogens with one attached hydrogen (secondary N) is 1. The number of hydrogen-bond donors (Lipinski definition) is 2. The maximum absolute atomic E-state index is 12.9. The van der Waals surface area contributed by atoms with Crippen LogP contribution in [0.5, 0.6) is 0 Å². The summed E-state index contributed by atoms with van der Waals surface area (Å²) in [4.78, 5) is 1.11. The topological polar surface area (TPSA) is 32.3 Å². The average molecular weight is 283 g/mol. The van der Waals surface area contributed by atoms with Gasteiger partial charge in [0.25, 0.3) is 0 Å². The predicted molar refractivity (Wildman–Crippen MR) is 78.0 cm³/mol. The van der Waals surface area contributed by atoms with Crippen molar-refractivity contribution in [1.82, 2.24) is 5.32 Å². The van der Waals surface area contributed by atoms with Crippen molar-refractivity contribution in [2.24, 2.45) is 0 Å². The van der Waals surface area contributed by atoms with E-state index in [-0.39, 0.29) is 18.0 Å². The highest BCUT2D eigenvalue weighted by Crippen LogP contribution is 2.38. The van der Waals surface area contributed by atoms with Crippen LogP contribution in [0.4, 0.5) is 4.39 Å². The highest BCUT2D eigenvalue weighted by atomic mass is 32.2. The molecule has 0 aliphatic heterocycles. The van der Waals surface area contributed by atoms with Crippen molar-refractivity contribution in [2.75, 3.05) is 13.2 Å². The molecule has 2 N–H and O–H groups in total. The van der Waals surface area contributed by atoms with Crippen LogP contribution in [0.25, 0.3) is 0 Å². The summed E-state index contributed by atoms with van der Waals surface area (Å²) in [6.07, 6.45) is 4.30. The first-order valence-corrected chi connectivity index (χ1v) is 7.83. The van der Waals surface area contributed by atoms with Gasteiger partial charge < -0.3 is 10.4 Å². The second-order valence-electron chi connectivity index (χ2n) is 5.26. The number of thioether (sulfide) groups is 1. The van der Waals surface area contributed by atoms with Gasteiger partial charge in [0.05, 0.1) is 6.61 Å². The van der Waals surface area contributed by atoms with Gasteiger partial charge in [-0.1, -0.05) is 13.3 Å². The molecule has 1 aliphatic carbocycles. The molecule has 1 saturated carbocycles. The molecule has 1 fully saturated rings. The maximum atomic E-state index is 12.9. The lowest BCUT2D eigenvalue weighted by molar-refractivity contribution is 0.125. The molecule has 0 saturated heterocycles. The third-order valence-corrected chi connectivity index (χ3v) is 5.05. The molecule has 2 atom stereocenters. The average Bonchev–Trinajstić information content (AvgIpc) is 2.42. The summed E-state index contributed by atoms with van der Waals surface area (Å²) >= 11 is 1.80. The second kappa shape index (κ2) is 6.73. The van der Waals surface area contributed by atoms with E-state index in [1.54, 1.807) is 11.8 Å². The fourth-order valence-corrected chi connectivity index (χ4v) is 4.21. The molecule has 1 aromatic carbocycles. The fourth-order valence-electron chi connectivity index (χ4n) is 2.85. The van der Waals surface area contributed by atoms with Gasteiger partial charge in [-0.25, -0.2) is 4.39 Å². The minimum atomic E-state index is -0.189. The monoisotopic (exact) mass is 283 g/mol. The van der Waals surface area contributed by atoms with Crippen molar-refractivity contribution in [2.45, 2.75) is 48.3 Å². The van der Waals surface area contributed by atoms with Crippen LogP contribution in [-0.2, 0) is 0 Å². The zero-order valence-corrected chi connectivity index (χ0v) is 12.2. The van der Waals surface area contributed by atoms with Gasteiger partial charge in [0.1, 0.15) is 5.82 Å². The minimum absolute atomic E-state index is 0.120. The van der Waals surface area contributed by atoms with Crippen molar-refractivity contribution in [3.05, 3.63) is 30.1 Å². The van der Waals surface area contributed by atoms with E-state index in [2.05, 4.69) is 12.2 Å². The summed E-state index contributed by atoms with van der Waals surface area (Å²) in [5.74, 6) is -0.189. The highest BCUT2D eigenvalue weighted by Gasteiger charge is 2.35. The Morgan fingerprint density at radius 3 is 2.79 bits per heavy atom. The van der Waals surface area contributed by atoms with Gasteiger partial charge in [-0.15, -0.1) is 11.8 Å². The third kappa shape index (κ3) is 3.94. The molecule has 0 aromatic heterocycles. The highest BCUT2D eigenvalue weighted by molar-refractivity contribution is 8.00. The lowest BCUT2D eigenvalue weighted by Crippen LogP contribution is -2.52. The molecule has 0 amide bonds. The Labute approximate surface area is 118 Å². The van der Waals surface area contributed by atoms with Gasteiger partial charge in [0, 0.05) is 15.7 Å². The molecule has 2 nitrogen and oxygen atoms in total. The Bertz CT molecular complexity index is 394. The molecule has 0 spiro atoms. The minimum Gasteiger partial charge on any atom is -0.394 e. The van der Waals surface area contributed by atoms with Gasteiger partial charge in [0.15, 0.2) is 0 Å². The Balaban J connectivity index is 1.99. The first kappa shape index (κ1) is 14.8. The van der Waals surface area contributed by atoms with E-state index in [9.17, 15) is 9.50 Å². The number of aliphatic hydroxyl groups excluding tert-OH is 1. The van der Waals surface area contributed by atoms with Crippen LogP contribution in [0.2, 0.25) is 0 Å². The molecule has 1 aromatic rings. The van der Waals surface area contributed by atoms with E-state index < -0.39 is 0 Å². The number of rotatable bonds is 5. The van der Waals surface area contributed by atoms with Gasteiger partial charge in [-0.2, -0.15) is 0 Å². The smallest absolute Gasteiger partial charge is 0.123 e. The van der Waals surface area contributed by atoms with Gasteiger partial charge in [0.2, 0.25) is 0 Å². The molecule has 2 unspecified atom stereocenters. The van der Waals surface area contributed by atoms with Crippen LogP contribution in [0.15, 0.2) is 29.2 Å². The molecular weight excluding hydrogens is 261 g/mol. The summed E-state index contributed by atoms with van der Waals surface area (Å²) in [5.41, 5.74) is -0.120. The molecule has 106 valence electrons. The van der Waals surface area contributed by atoms with Gasteiger partial charge in [-0.3, -0.25) is 0 Å². The quantitative estimate of drug-likeness (QED) is 0.870. The molecular formula is C15H22FNOS. The van der Waals surface area contributed by atoms with Crippen molar-refractivity contribution in [1.29, 1.82) is 0 Å². The van der Waals surface area contributed by atoms with E-state index in [4.69, 9.17) is 0 Å². The SMILES string of the molecule is CCNC1(CO)CCCC(Sc2ccc(F)cc2)C1. The summed E-state index contributed by atoms with van der Waals surface area (Å²) in [6.45, 7) is 3.16. The van der Waals surface area contributed by atoms with Gasteiger partial charge >= 0.3 is 0 Å². The summed E-state index contributed by atoms with van der Waals surface area (Å²) in [5, 5.41) is 13.6. The largest absolute Gasteiger partial charge is 0.394 e. The summed E-state index contributed by atoms with van der Waals surface area (Å²) in [7, 11) is 0. The Morgan fingerprint density at radius 1 is 1.42 bits per heavy atom. The van der Waals surface area contributed by atoms with E-state index in [1.165, 1.54) is 12.1 Å². The van der Waals surface area contributed by atoms with Crippen LogP contribution < -0.4 is 5.32 Å². The van der Waals surface area contributed by atoms with Crippen molar-refractivity contribution in [3.63, 3.8) is 0 Å². The zero-order chi connectivity index (χ0) is 13.7. The normalized spacial score (nSPS) is 27.4. The second-order valence-corrected chi connectivity index (χ2v) is 6.63. The van der Waals surface area contributed by atoms with Crippen molar-refractivity contribution < 1.29 is 9.50 Å². The lowest BCUT2D eigenvalue weighted by Gasteiger charge is -2.40.